The van der Waals surface area contributed by atoms with E-state index in [0.717, 1.165) is 0 Å². The van der Waals surface area contributed by atoms with Crippen molar-refractivity contribution in [1.82, 2.24) is 0 Å². The zero-order chi connectivity index (χ0) is 14.7. The second-order valence-corrected chi connectivity index (χ2v) is 5.28. The van der Waals surface area contributed by atoms with Gasteiger partial charge < -0.3 is 10.0 Å². The monoisotopic (exact) mass is 266 g/mol. The molecule has 1 N–H and O–H groups in total. The van der Waals surface area contributed by atoms with Crippen LogP contribution < -0.4 is 4.90 Å². The first-order valence-corrected chi connectivity index (χ1v) is 6.45. The average molecular weight is 266 g/mol. The summed E-state index contributed by atoms with van der Waals surface area (Å²) in [6, 6.07) is 5.08. The fourth-order valence-corrected chi connectivity index (χ4v) is 1.91. The first-order chi connectivity index (χ1) is 8.75. The summed E-state index contributed by atoms with van der Waals surface area (Å²) in [5.41, 5.74) is 1.17. The van der Waals surface area contributed by atoms with Crippen LogP contribution in [0.3, 0.4) is 0 Å². The first kappa shape index (κ1) is 15.4. The molecule has 0 heterocycles. The Bertz CT molecular complexity index is 458. The van der Waals surface area contributed by atoms with Crippen LogP contribution in [0.5, 0.6) is 0 Å². The topological polar surface area (TPSA) is 66.6 Å². The van der Waals surface area contributed by atoms with Gasteiger partial charge in [0.2, 0.25) is 0 Å². The van der Waals surface area contributed by atoms with E-state index in [0.29, 0.717) is 17.2 Å². The molecule has 1 rings (SSSR count). The number of aliphatic hydroxyl groups is 1. The predicted molar refractivity (Wildman–Crippen MR) is 76.4 cm³/mol. The maximum absolute atomic E-state index is 11.2. The number of benzene rings is 1. The summed E-state index contributed by atoms with van der Waals surface area (Å²) >= 11 is 0. The molecule has 19 heavy (non-hydrogen) atoms. The summed E-state index contributed by atoms with van der Waals surface area (Å²) in [6.45, 7) is 7.80. The first-order valence-electron chi connectivity index (χ1n) is 6.45. The van der Waals surface area contributed by atoms with Gasteiger partial charge in [-0.1, -0.05) is 19.9 Å². The van der Waals surface area contributed by atoms with Crippen LogP contribution in [0.15, 0.2) is 18.2 Å². The summed E-state index contributed by atoms with van der Waals surface area (Å²) < 4.78 is 0. The molecule has 0 fully saturated rings. The Hall–Kier alpha value is -1.62. The Kier molecular flexibility index (Phi) is 4.89. The molecule has 2 atom stereocenters. The van der Waals surface area contributed by atoms with Crippen molar-refractivity contribution in [3.8, 4) is 0 Å². The standard InChI is InChI=1S/C14H22N2O3/c1-9(2)10(3)15(5)13-7-6-12(11(4)17)8-14(13)16(18)19/h6-11,17H,1-5H3. The summed E-state index contributed by atoms with van der Waals surface area (Å²) in [7, 11) is 1.86. The van der Waals surface area contributed by atoms with Crippen molar-refractivity contribution in [2.75, 3.05) is 11.9 Å². The summed E-state index contributed by atoms with van der Waals surface area (Å²) in [5.74, 6) is 0.390. The number of rotatable bonds is 5. The zero-order valence-electron chi connectivity index (χ0n) is 12.1. The van der Waals surface area contributed by atoms with Gasteiger partial charge in [0.05, 0.1) is 11.0 Å². The maximum atomic E-state index is 11.2. The number of aliphatic hydroxyl groups excluding tert-OH is 1. The Balaban J connectivity index is 3.24. The fourth-order valence-electron chi connectivity index (χ4n) is 1.91. The van der Waals surface area contributed by atoms with E-state index in [9.17, 15) is 15.2 Å². The molecule has 0 aliphatic rings. The van der Waals surface area contributed by atoms with Gasteiger partial charge in [-0.2, -0.15) is 0 Å². The summed E-state index contributed by atoms with van der Waals surface area (Å²) in [6.07, 6.45) is -0.708. The van der Waals surface area contributed by atoms with E-state index >= 15 is 0 Å². The second-order valence-electron chi connectivity index (χ2n) is 5.28. The van der Waals surface area contributed by atoms with Crippen LogP contribution >= 0.6 is 0 Å². The predicted octanol–water partition coefficient (Wildman–Crippen LogP) is 3.13. The Labute approximate surface area is 114 Å². The lowest BCUT2D eigenvalue weighted by Crippen LogP contribution is -2.33. The fraction of sp³-hybridized carbons (Fsp3) is 0.571. The molecule has 0 aliphatic heterocycles. The van der Waals surface area contributed by atoms with Gasteiger partial charge in [-0.25, -0.2) is 0 Å². The van der Waals surface area contributed by atoms with Crippen LogP contribution in [0.4, 0.5) is 11.4 Å². The normalized spacial score (nSPS) is 14.3. The second kappa shape index (κ2) is 6.02. The quantitative estimate of drug-likeness (QED) is 0.656. The highest BCUT2D eigenvalue weighted by atomic mass is 16.6. The van der Waals surface area contributed by atoms with Crippen LogP contribution in [-0.2, 0) is 0 Å². The molecule has 0 spiro atoms. The third-order valence-electron chi connectivity index (χ3n) is 3.63. The van der Waals surface area contributed by atoms with E-state index in [1.165, 1.54) is 6.07 Å². The third kappa shape index (κ3) is 3.44. The van der Waals surface area contributed by atoms with E-state index in [1.54, 1.807) is 19.1 Å². The molecule has 0 bridgehead atoms. The Morgan fingerprint density at radius 2 is 1.84 bits per heavy atom. The molecular formula is C14H22N2O3. The zero-order valence-corrected chi connectivity index (χ0v) is 12.1. The van der Waals surface area contributed by atoms with Crippen molar-refractivity contribution in [2.45, 2.75) is 39.8 Å². The minimum absolute atomic E-state index is 0.0356. The number of hydrogen-bond acceptors (Lipinski definition) is 4. The van der Waals surface area contributed by atoms with Crippen molar-refractivity contribution in [3.05, 3.63) is 33.9 Å². The number of hydrogen-bond donors (Lipinski definition) is 1. The van der Waals surface area contributed by atoms with Crippen LogP contribution in [0.1, 0.15) is 39.4 Å². The highest BCUT2D eigenvalue weighted by Crippen LogP contribution is 2.32. The molecule has 0 aliphatic carbocycles. The van der Waals surface area contributed by atoms with E-state index in [1.807, 2.05) is 18.9 Å². The molecule has 0 radical (unpaired) electrons. The van der Waals surface area contributed by atoms with Gasteiger partial charge in [0.15, 0.2) is 0 Å². The van der Waals surface area contributed by atoms with E-state index in [4.69, 9.17) is 0 Å². The average Bonchev–Trinajstić information content (AvgIpc) is 2.35. The molecule has 0 amide bonds. The van der Waals surface area contributed by atoms with E-state index in [2.05, 4.69) is 13.8 Å². The smallest absolute Gasteiger partial charge is 0.292 e. The van der Waals surface area contributed by atoms with Gasteiger partial charge in [0, 0.05) is 19.2 Å². The van der Waals surface area contributed by atoms with Crippen molar-refractivity contribution in [2.24, 2.45) is 5.92 Å². The molecule has 5 nitrogen and oxygen atoms in total. The van der Waals surface area contributed by atoms with Crippen molar-refractivity contribution in [3.63, 3.8) is 0 Å². The molecule has 0 aromatic heterocycles. The molecule has 1 aromatic carbocycles. The van der Waals surface area contributed by atoms with Crippen LogP contribution in [-0.4, -0.2) is 23.1 Å². The number of anilines is 1. The van der Waals surface area contributed by atoms with E-state index in [-0.39, 0.29) is 11.7 Å². The maximum Gasteiger partial charge on any atom is 0.292 e. The SMILES string of the molecule is CC(O)c1ccc(N(C)C(C)C(C)C)c([N+](=O)[O-])c1. The molecule has 0 saturated heterocycles. The highest BCUT2D eigenvalue weighted by Gasteiger charge is 2.23. The Morgan fingerprint density at radius 3 is 2.26 bits per heavy atom. The highest BCUT2D eigenvalue weighted by molar-refractivity contribution is 5.64. The molecule has 106 valence electrons. The van der Waals surface area contributed by atoms with Gasteiger partial charge >= 0.3 is 0 Å². The largest absolute Gasteiger partial charge is 0.389 e. The molecule has 0 saturated carbocycles. The van der Waals surface area contributed by atoms with Crippen LogP contribution in [0.25, 0.3) is 0 Å². The molecular weight excluding hydrogens is 244 g/mol. The lowest BCUT2D eigenvalue weighted by Gasteiger charge is -2.29. The van der Waals surface area contributed by atoms with Gasteiger partial charge in [-0.15, -0.1) is 0 Å². The Morgan fingerprint density at radius 1 is 1.26 bits per heavy atom. The van der Waals surface area contributed by atoms with Gasteiger partial charge in [0.25, 0.3) is 5.69 Å². The van der Waals surface area contributed by atoms with E-state index < -0.39 is 11.0 Å². The number of nitro groups is 1. The number of nitrogens with zero attached hydrogens (tertiary/aromatic N) is 2. The van der Waals surface area contributed by atoms with Crippen molar-refractivity contribution in [1.29, 1.82) is 0 Å². The van der Waals surface area contributed by atoms with Gasteiger partial charge in [0.1, 0.15) is 5.69 Å². The molecule has 1 aromatic rings. The molecule has 2 unspecified atom stereocenters. The summed E-state index contributed by atoms with van der Waals surface area (Å²) in [5, 5.41) is 20.7. The summed E-state index contributed by atoms with van der Waals surface area (Å²) in [4.78, 5) is 12.7. The molecule has 5 heteroatoms. The third-order valence-corrected chi connectivity index (χ3v) is 3.63. The minimum Gasteiger partial charge on any atom is -0.389 e. The van der Waals surface area contributed by atoms with Crippen LogP contribution in [0.2, 0.25) is 0 Å². The lowest BCUT2D eigenvalue weighted by atomic mass is 10.0. The van der Waals surface area contributed by atoms with Crippen molar-refractivity contribution < 1.29 is 10.0 Å². The van der Waals surface area contributed by atoms with Gasteiger partial charge in [-0.05, 0) is 31.4 Å². The van der Waals surface area contributed by atoms with Crippen molar-refractivity contribution >= 4 is 11.4 Å². The van der Waals surface area contributed by atoms with Gasteiger partial charge in [-0.3, -0.25) is 10.1 Å². The van der Waals surface area contributed by atoms with Crippen LogP contribution in [0, 0.1) is 16.0 Å². The number of nitro benzene ring substituents is 1. The lowest BCUT2D eigenvalue weighted by molar-refractivity contribution is -0.384. The minimum atomic E-state index is -0.708.